The molecule has 10 atom stereocenters. The Morgan fingerprint density at radius 1 is 0.814 bits per heavy atom. The van der Waals surface area contributed by atoms with E-state index in [0.717, 1.165) is 5.56 Å². The Hall–Kier alpha value is -5.43. The van der Waals surface area contributed by atoms with E-state index in [-0.39, 0.29) is 5.78 Å². The molecule has 16 heteroatoms. The molecule has 2 fully saturated rings. The highest BCUT2D eigenvalue weighted by molar-refractivity contribution is 6.11. The number of hydrogen-bond acceptors (Lipinski definition) is 14. The Labute approximate surface area is 341 Å². The molecular formula is C43H49N3O13. The van der Waals surface area contributed by atoms with Gasteiger partial charge < -0.3 is 64.4 Å². The molecule has 0 saturated carbocycles. The van der Waals surface area contributed by atoms with Crippen molar-refractivity contribution in [1.82, 2.24) is 5.32 Å². The molecule has 16 nitrogen and oxygen atoms in total. The molecule has 3 heterocycles. The fourth-order valence-electron chi connectivity index (χ4n) is 6.97. The van der Waals surface area contributed by atoms with Crippen LogP contribution < -0.4 is 25.0 Å². The summed E-state index contributed by atoms with van der Waals surface area (Å²) in [6, 6.07) is 20.0. The lowest BCUT2D eigenvalue weighted by Gasteiger charge is -2.47. The third-order valence-electron chi connectivity index (χ3n) is 10.2. The van der Waals surface area contributed by atoms with Crippen LogP contribution in [0.15, 0.2) is 109 Å². The number of benzene rings is 3. The first kappa shape index (κ1) is 43.2. The highest BCUT2D eigenvalue weighted by Gasteiger charge is 2.52. The second-order valence-electron chi connectivity index (χ2n) is 14.4. The average Bonchev–Trinajstić information content (AvgIpc) is 3.45. The predicted octanol–water partition coefficient (Wildman–Crippen LogP) is 2.50. The summed E-state index contributed by atoms with van der Waals surface area (Å²) >= 11 is 0. The largest absolute Gasteiger partial charge is 0.497 e. The summed E-state index contributed by atoms with van der Waals surface area (Å²) in [6.45, 7) is 4.27. The number of ketones is 1. The Morgan fingerprint density at radius 2 is 1.49 bits per heavy atom. The van der Waals surface area contributed by atoms with Crippen LogP contribution in [0.1, 0.15) is 29.8 Å². The van der Waals surface area contributed by atoms with Gasteiger partial charge in [-0.25, -0.2) is 0 Å². The first-order valence-electron chi connectivity index (χ1n) is 19.0. The monoisotopic (exact) mass is 815 g/mol. The number of methoxy groups -OCH3 is 2. The van der Waals surface area contributed by atoms with E-state index in [4.69, 9.17) is 28.4 Å². The molecule has 314 valence electrons. The van der Waals surface area contributed by atoms with Crippen LogP contribution in [-0.4, -0.2) is 120 Å². The molecule has 2 saturated heterocycles. The van der Waals surface area contributed by atoms with Crippen LogP contribution in [0.5, 0.6) is 11.5 Å². The molecule has 0 aliphatic carbocycles. The maximum atomic E-state index is 13.8. The molecule has 2 amide bonds. The van der Waals surface area contributed by atoms with E-state index < -0.39 is 79.6 Å². The zero-order valence-electron chi connectivity index (χ0n) is 33.1. The minimum Gasteiger partial charge on any atom is -0.497 e. The number of aryl methyl sites for hydroxylation is 1. The lowest BCUT2D eigenvalue weighted by Crippen LogP contribution is -2.67. The molecular weight excluding hydrogens is 766 g/mol. The van der Waals surface area contributed by atoms with Crippen molar-refractivity contribution in [3.8, 4) is 11.5 Å². The Morgan fingerprint density at radius 3 is 2.12 bits per heavy atom. The topological polar surface area (TPSA) is 215 Å². The van der Waals surface area contributed by atoms with Crippen LogP contribution in [0.3, 0.4) is 0 Å². The smallest absolute Gasteiger partial charge is 0.256 e. The van der Waals surface area contributed by atoms with Gasteiger partial charge in [0.25, 0.3) is 5.91 Å². The minimum absolute atomic E-state index is 0.239. The quantitative estimate of drug-likeness (QED) is 0.137. The van der Waals surface area contributed by atoms with Crippen molar-refractivity contribution in [2.24, 2.45) is 0 Å². The van der Waals surface area contributed by atoms with E-state index in [1.807, 2.05) is 31.2 Å². The molecule has 0 aromatic heterocycles. The number of nitrogens with one attached hydrogen (secondary N) is 2. The number of carbonyl (C=O) groups is 3. The number of anilines is 2. The molecule has 6 rings (SSSR count). The summed E-state index contributed by atoms with van der Waals surface area (Å²) in [5, 5.41) is 48.3. The number of hydrogen-bond donors (Lipinski definition) is 6. The molecule has 3 aromatic rings. The number of amides is 2. The van der Waals surface area contributed by atoms with Gasteiger partial charge in [-0.05, 0) is 86.7 Å². The van der Waals surface area contributed by atoms with Crippen molar-refractivity contribution >= 4 is 29.0 Å². The molecule has 6 N–H and O–H groups in total. The number of Topliss-reactive ketones (excluding diaryl/α,β-unsaturated/α-hetero) is 1. The van der Waals surface area contributed by atoms with Crippen LogP contribution in [0.4, 0.5) is 11.4 Å². The first-order valence-corrected chi connectivity index (χ1v) is 19.0. The highest BCUT2D eigenvalue weighted by Crippen LogP contribution is 2.32. The standard InChI is InChI=1S/C43H49N3O13/c1-23-6-15-31(16-7-23)57-32-19-10-27(35(49)26-8-17-30(54-4)18-9-26)20-46(21-32)29-13-11-28(12-14-29)45-42(53)41-40(55-5)37(51)38(52)43(59-41)58-39-34(44-25(3)48)24(2)56-33(22-47)36(39)50/h6-21,24,33-34,36-41,43,47,50-52H,22H2,1-5H3,(H,44,48)(H,45,53)/t24?,33?,34?,36-,37-,38?,39-,40+,41?,43-/m1/s1. The number of nitrogens with zero attached hydrogens (tertiary/aromatic N) is 1. The van der Waals surface area contributed by atoms with Crippen LogP contribution in [-0.2, 0) is 28.5 Å². The Kier molecular flexibility index (Phi) is 14.0. The fourth-order valence-corrected chi connectivity index (χ4v) is 6.97. The summed E-state index contributed by atoms with van der Waals surface area (Å²) in [4.78, 5) is 41.2. The average molecular weight is 816 g/mol. The van der Waals surface area contributed by atoms with E-state index in [1.54, 1.807) is 92.0 Å². The van der Waals surface area contributed by atoms with Crippen LogP contribution >= 0.6 is 0 Å². The summed E-state index contributed by atoms with van der Waals surface area (Å²) in [5.74, 6) is 0.202. The second kappa shape index (κ2) is 19.1. The number of aliphatic hydroxyl groups is 4. The van der Waals surface area contributed by atoms with Crippen molar-refractivity contribution in [2.45, 2.75) is 81.9 Å². The first-order chi connectivity index (χ1) is 28.3. The van der Waals surface area contributed by atoms with Gasteiger partial charge in [-0.1, -0.05) is 17.7 Å². The summed E-state index contributed by atoms with van der Waals surface area (Å²) in [5.41, 5.74) is 2.81. The third kappa shape index (κ3) is 10.1. The maximum absolute atomic E-state index is 13.8. The zero-order chi connectivity index (χ0) is 42.4. The predicted molar refractivity (Wildman–Crippen MR) is 213 cm³/mol. The van der Waals surface area contributed by atoms with Gasteiger partial charge in [-0.3, -0.25) is 14.4 Å². The molecule has 5 unspecified atom stereocenters. The molecule has 59 heavy (non-hydrogen) atoms. The second-order valence-corrected chi connectivity index (χ2v) is 14.4. The molecule has 0 bridgehead atoms. The Balaban J connectivity index is 1.22. The van der Waals surface area contributed by atoms with Crippen molar-refractivity contribution in [2.75, 3.05) is 31.0 Å². The van der Waals surface area contributed by atoms with E-state index in [9.17, 15) is 34.8 Å². The molecule has 0 radical (unpaired) electrons. The third-order valence-corrected chi connectivity index (χ3v) is 10.2. The fraction of sp³-hybridized carbons (Fsp3) is 0.372. The van der Waals surface area contributed by atoms with E-state index in [2.05, 4.69) is 10.6 Å². The summed E-state index contributed by atoms with van der Waals surface area (Å²) in [6.07, 6.45) is -5.81. The van der Waals surface area contributed by atoms with Gasteiger partial charge in [-0.15, -0.1) is 0 Å². The summed E-state index contributed by atoms with van der Waals surface area (Å²) < 4.78 is 34.4. The molecule has 0 spiro atoms. The highest BCUT2D eigenvalue weighted by atomic mass is 16.7. The van der Waals surface area contributed by atoms with Crippen molar-refractivity contribution in [3.63, 3.8) is 0 Å². The number of carbonyl (C=O) groups excluding carboxylic acids is 3. The van der Waals surface area contributed by atoms with Gasteiger partial charge in [0.1, 0.15) is 53.9 Å². The number of ether oxygens (including phenoxy) is 6. The lowest BCUT2D eigenvalue weighted by molar-refractivity contribution is -0.325. The Bertz CT molecular complexity index is 2040. The molecule has 3 aromatic carbocycles. The van der Waals surface area contributed by atoms with Crippen molar-refractivity contribution < 1.29 is 63.2 Å². The van der Waals surface area contributed by atoms with E-state index in [1.165, 1.54) is 14.0 Å². The normalized spacial score (nSPS) is 28.1. The van der Waals surface area contributed by atoms with Crippen molar-refractivity contribution in [3.05, 3.63) is 120 Å². The van der Waals surface area contributed by atoms with Crippen LogP contribution in [0.25, 0.3) is 0 Å². The van der Waals surface area contributed by atoms with Gasteiger partial charge in [0.15, 0.2) is 18.2 Å². The SMILES string of the molecule is COc1ccc(C(=O)C2=CN(c3ccc(NC(=O)C4O[C@@H](O[C@@H]5C(NC(C)=O)C(C)OC(CO)[C@H]5O)C(O)[C@@H](O)[C@@H]4OC)cc3)C=C(Oc3ccc(C)cc3)C=C2)cc1. The van der Waals surface area contributed by atoms with E-state index >= 15 is 0 Å². The lowest BCUT2D eigenvalue weighted by atomic mass is 9.92. The number of rotatable bonds is 13. The van der Waals surface area contributed by atoms with Crippen LogP contribution in [0, 0.1) is 6.92 Å². The van der Waals surface area contributed by atoms with Crippen molar-refractivity contribution in [1.29, 1.82) is 0 Å². The van der Waals surface area contributed by atoms with Gasteiger partial charge in [-0.2, -0.15) is 0 Å². The zero-order valence-corrected chi connectivity index (χ0v) is 33.1. The summed E-state index contributed by atoms with van der Waals surface area (Å²) in [7, 11) is 2.79. The number of aliphatic hydroxyl groups excluding tert-OH is 4. The van der Waals surface area contributed by atoms with Gasteiger partial charge >= 0.3 is 0 Å². The minimum atomic E-state index is -1.75. The van der Waals surface area contributed by atoms with Gasteiger partial charge in [0.2, 0.25) is 5.91 Å². The molecule has 3 aliphatic heterocycles. The van der Waals surface area contributed by atoms with Gasteiger partial charge in [0, 0.05) is 42.7 Å². The van der Waals surface area contributed by atoms with Crippen LogP contribution in [0.2, 0.25) is 0 Å². The maximum Gasteiger partial charge on any atom is 0.256 e. The van der Waals surface area contributed by atoms with E-state index in [0.29, 0.717) is 39.8 Å². The molecule has 3 aliphatic rings. The van der Waals surface area contributed by atoms with Gasteiger partial charge in [0.05, 0.1) is 32.1 Å². The number of allylic oxidation sites excluding steroid dienone is 3.